The second kappa shape index (κ2) is 17.6. The van der Waals surface area contributed by atoms with Crippen molar-refractivity contribution < 1.29 is 13.9 Å². The first-order valence-corrected chi connectivity index (χ1v) is 12.0. The van der Waals surface area contributed by atoms with Crippen LogP contribution in [0, 0.1) is 12.7 Å². The second-order valence-corrected chi connectivity index (χ2v) is 8.21. The molecule has 2 aromatic rings. The first kappa shape index (κ1) is 32.2. The maximum absolute atomic E-state index is 12.7. The van der Waals surface area contributed by atoms with E-state index in [1.165, 1.54) is 39.5 Å². The molecule has 0 radical (unpaired) electrons. The molecule has 1 fully saturated rings. The largest absolute Gasteiger partial charge is 0.494 e. The number of hydrogen-bond donors (Lipinski definition) is 2. The minimum atomic E-state index is -0.303. The number of ether oxygens (including phenoxy) is 1. The van der Waals surface area contributed by atoms with Gasteiger partial charge in [0.05, 0.1) is 7.11 Å². The van der Waals surface area contributed by atoms with E-state index in [1.54, 1.807) is 6.07 Å². The monoisotopic (exact) mass is 492 g/mol. The number of aryl methyl sites for hydroxylation is 1. The number of aromatic nitrogens is 3. The highest BCUT2D eigenvalue weighted by Gasteiger charge is 2.23. The highest BCUT2D eigenvalue weighted by atomic mass is 19.1. The Morgan fingerprint density at radius 3 is 2.34 bits per heavy atom. The first-order chi connectivity index (χ1) is 16.3. The van der Waals surface area contributed by atoms with Crippen molar-refractivity contribution in [3.8, 4) is 5.75 Å². The highest BCUT2D eigenvalue weighted by molar-refractivity contribution is 5.44. The first-order valence-electron chi connectivity index (χ1n) is 12.0. The fraction of sp³-hybridized carbons (Fsp3) is 0.615. The zero-order valence-electron chi connectivity index (χ0n) is 21.7. The van der Waals surface area contributed by atoms with Gasteiger partial charge in [-0.15, -0.1) is 0 Å². The Labute approximate surface area is 211 Å². The van der Waals surface area contributed by atoms with Crippen molar-refractivity contribution in [2.45, 2.75) is 73.8 Å². The fourth-order valence-electron chi connectivity index (χ4n) is 3.49. The minimum absolute atomic E-state index is 0. The van der Waals surface area contributed by atoms with E-state index in [2.05, 4.69) is 51.3 Å². The lowest BCUT2D eigenvalue weighted by molar-refractivity contribution is -0.106. The number of nitrogens with zero attached hydrogens (tertiary/aromatic N) is 4. The van der Waals surface area contributed by atoms with Crippen molar-refractivity contribution in [2.24, 2.45) is 0 Å². The minimum Gasteiger partial charge on any atom is -0.494 e. The number of hydrogen-bond acceptors (Lipinski definition) is 8. The fourth-order valence-corrected chi connectivity index (χ4v) is 3.49. The zero-order chi connectivity index (χ0) is 25.5. The molecule has 198 valence electrons. The molecule has 2 N–H and O–H groups in total. The molecule has 0 bridgehead atoms. The van der Waals surface area contributed by atoms with E-state index >= 15 is 0 Å². The third-order valence-electron chi connectivity index (χ3n) is 5.21. The Kier molecular flexibility index (Phi) is 16.2. The average Bonchev–Trinajstić information content (AvgIpc) is 3.26. The van der Waals surface area contributed by atoms with E-state index in [4.69, 9.17) is 9.53 Å². The van der Waals surface area contributed by atoms with Gasteiger partial charge in [-0.1, -0.05) is 34.3 Å². The van der Waals surface area contributed by atoms with E-state index in [-0.39, 0.29) is 13.2 Å². The number of nitrogens with one attached hydrogen (secondary N) is 2. The molecule has 9 heteroatoms. The van der Waals surface area contributed by atoms with Gasteiger partial charge in [-0.3, -0.25) is 4.90 Å². The summed E-state index contributed by atoms with van der Waals surface area (Å²) in [5.74, 6) is 2.48. The van der Waals surface area contributed by atoms with Crippen LogP contribution in [-0.2, 0) is 4.79 Å². The van der Waals surface area contributed by atoms with Gasteiger partial charge in [0.15, 0.2) is 11.6 Å². The van der Waals surface area contributed by atoms with Gasteiger partial charge in [-0.2, -0.15) is 15.0 Å². The number of likely N-dealkylation sites (N-methyl/N-ethyl adjacent to an activating group) is 1. The number of carbonyl (C=O) groups is 1. The summed E-state index contributed by atoms with van der Waals surface area (Å²) in [5, 5.41) is 6.58. The van der Waals surface area contributed by atoms with Crippen molar-refractivity contribution in [3.05, 3.63) is 35.4 Å². The van der Waals surface area contributed by atoms with E-state index < -0.39 is 0 Å². The lowest BCUT2D eigenvalue weighted by Gasteiger charge is -2.23. The van der Waals surface area contributed by atoms with Gasteiger partial charge in [-0.25, -0.2) is 4.39 Å². The smallest absolute Gasteiger partial charge is 0.227 e. The molecule has 8 nitrogen and oxygen atoms in total. The molecule has 1 saturated heterocycles. The van der Waals surface area contributed by atoms with Gasteiger partial charge < -0.3 is 20.2 Å². The molecule has 0 spiro atoms. The average molecular weight is 493 g/mol. The van der Waals surface area contributed by atoms with E-state index in [9.17, 15) is 4.39 Å². The Morgan fingerprint density at radius 1 is 1.20 bits per heavy atom. The van der Waals surface area contributed by atoms with Crippen LogP contribution in [0.1, 0.15) is 72.2 Å². The van der Waals surface area contributed by atoms with Crippen LogP contribution in [0.25, 0.3) is 0 Å². The Balaban J connectivity index is 0.000000692. The van der Waals surface area contributed by atoms with Crippen LogP contribution in [-0.4, -0.2) is 65.5 Å². The number of rotatable bonds is 8. The summed E-state index contributed by atoms with van der Waals surface area (Å²) >= 11 is 0. The van der Waals surface area contributed by atoms with Gasteiger partial charge in [0.25, 0.3) is 0 Å². The summed E-state index contributed by atoms with van der Waals surface area (Å²) in [6.07, 6.45) is 3.29. The standard InChI is InChI=1S/C15H28N6.C8H9FO.C2H4O.CH4/c1-5-16-14-18-13(11(3)4)19-15(20-14)17-10-12-8-7-9-21(12)6-2;1-6-3-4-8(10-2)7(9)5-6;1-2-3;/h11-12H,5-10H2,1-4H3,(H2,16,17,18,19,20);3-5H,1-2H3;2H,1H3;1H4. The summed E-state index contributed by atoms with van der Waals surface area (Å²) in [7, 11) is 1.45. The summed E-state index contributed by atoms with van der Waals surface area (Å²) in [4.78, 5) is 24.8. The SMILES string of the molecule is C.CC=O.CCNc1nc(NCC2CCCN2CC)nc(C(C)C)n1.COc1ccc(C)cc1F. The highest BCUT2D eigenvalue weighted by Crippen LogP contribution is 2.18. The van der Waals surface area contributed by atoms with Crippen molar-refractivity contribution >= 4 is 18.2 Å². The molecule has 0 saturated carbocycles. The van der Waals surface area contributed by atoms with Gasteiger partial charge in [0.2, 0.25) is 11.9 Å². The summed E-state index contributed by atoms with van der Waals surface area (Å²) in [5.41, 5.74) is 0.901. The molecule has 0 aliphatic carbocycles. The molecule has 1 aromatic heterocycles. The number of likely N-dealkylation sites (tertiary alicyclic amines) is 1. The Morgan fingerprint density at radius 2 is 1.83 bits per heavy atom. The van der Waals surface area contributed by atoms with E-state index in [0.29, 0.717) is 29.6 Å². The van der Waals surface area contributed by atoms with E-state index in [0.717, 1.165) is 37.3 Å². The van der Waals surface area contributed by atoms with Crippen LogP contribution in [0.5, 0.6) is 5.75 Å². The lowest BCUT2D eigenvalue weighted by atomic mass is 10.2. The number of methoxy groups -OCH3 is 1. The molecule has 1 aromatic carbocycles. The van der Waals surface area contributed by atoms with Crippen LogP contribution >= 0.6 is 0 Å². The molecule has 1 atom stereocenters. The third kappa shape index (κ3) is 11.4. The topological polar surface area (TPSA) is 92.3 Å². The number of carbonyl (C=O) groups excluding carboxylic acids is 1. The molecule has 35 heavy (non-hydrogen) atoms. The van der Waals surface area contributed by atoms with Gasteiger partial charge in [0, 0.05) is 25.0 Å². The molecule has 3 rings (SSSR count). The number of anilines is 2. The van der Waals surface area contributed by atoms with Crippen LogP contribution < -0.4 is 15.4 Å². The Hall–Kier alpha value is -2.81. The number of aldehydes is 1. The maximum Gasteiger partial charge on any atom is 0.227 e. The summed E-state index contributed by atoms with van der Waals surface area (Å²) in [6, 6.07) is 5.46. The molecule has 0 amide bonds. The molecule has 1 aliphatic heterocycles. The zero-order valence-corrected chi connectivity index (χ0v) is 21.7. The lowest BCUT2D eigenvalue weighted by Crippen LogP contribution is -2.35. The molecule has 1 unspecified atom stereocenters. The molecular formula is C26H45FN6O2. The van der Waals surface area contributed by atoms with Crippen LogP contribution in [0.4, 0.5) is 16.3 Å². The van der Waals surface area contributed by atoms with E-state index in [1.807, 2.05) is 19.9 Å². The van der Waals surface area contributed by atoms with Gasteiger partial charge in [0.1, 0.15) is 12.1 Å². The number of benzene rings is 1. The molecular weight excluding hydrogens is 447 g/mol. The van der Waals surface area contributed by atoms with Crippen LogP contribution in [0.3, 0.4) is 0 Å². The molecule has 2 heterocycles. The van der Waals surface area contributed by atoms with Gasteiger partial charge in [-0.05, 0) is 64.4 Å². The normalized spacial score (nSPS) is 14.6. The van der Waals surface area contributed by atoms with Crippen LogP contribution in [0.15, 0.2) is 18.2 Å². The predicted molar refractivity (Wildman–Crippen MR) is 143 cm³/mol. The quantitative estimate of drug-likeness (QED) is 0.479. The van der Waals surface area contributed by atoms with Crippen molar-refractivity contribution in [2.75, 3.05) is 43.9 Å². The van der Waals surface area contributed by atoms with Gasteiger partial charge >= 0.3 is 0 Å². The van der Waals surface area contributed by atoms with Crippen molar-refractivity contribution in [1.82, 2.24) is 19.9 Å². The summed E-state index contributed by atoms with van der Waals surface area (Å²) < 4.78 is 17.5. The van der Waals surface area contributed by atoms with Crippen molar-refractivity contribution in [3.63, 3.8) is 0 Å². The third-order valence-corrected chi connectivity index (χ3v) is 5.21. The second-order valence-electron chi connectivity index (χ2n) is 8.21. The Bertz CT molecular complexity index is 866. The predicted octanol–water partition coefficient (Wildman–Crippen LogP) is 5.31. The summed E-state index contributed by atoms with van der Waals surface area (Å²) in [6.45, 7) is 15.8. The van der Waals surface area contributed by atoms with Crippen LogP contribution in [0.2, 0.25) is 0 Å². The number of halogens is 1. The maximum atomic E-state index is 12.7. The van der Waals surface area contributed by atoms with Crippen molar-refractivity contribution in [1.29, 1.82) is 0 Å². The molecule has 1 aliphatic rings.